The highest BCUT2D eigenvalue weighted by molar-refractivity contribution is 5.62. The normalized spacial score (nSPS) is 15.9. The quantitative estimate of drug-likeness (QED) is 0.569. The molecule has 0 N–H and O–H groups in total. The summed E-state index contributed by atoms with van der Waals surface area (Å²) in [6.07, 6.45) is 0.841. The van der Waals surface area contributed by atoms with Crippen molar-refractivity contribution in [3.8, 4) is 11.5 Å². The zero-order valence-corrected chi connectivity index (χ0v) is 14.3. The maximum absolute atomic E-state index is 12.6. The number of anilines is 1. The Bertz CT molecular complexity index is 829. The molecular formula is C18H18F2N2O4. The summed E-state index contributed by atoms with van der Waals surface area (Å²) in [5.41, 5.74) is 2.28. The molecule has 8 heteroatoms. The molecule has 0 saturated carbocycles. The minimum absolute atomic E-state index is 0.0334. The second-order valence-electron chi connectivity index (χ2n) is 6.08. The summed E-state index contributed by atoms with van der Waals surface area (Å²) in [5, 5.41) is 11.5. The fraction of sp³-hybridized carbons (Fsp3) is 0.333. The topological polar surface area (TPSA) is 64.8 Å². The minimum Gasteiger partial charge on any atom is -0.493 e. The smallest absolute Gasteiger partial charge is 0.387 e. The number of fused-ring (bicyclic) bond motifs is 1. The summed E-state index contributed by atoms with van der Waals surface area (Å²) in [7, 11) is 1.30. The van der Waals surface area contributed by atoms with Crippen molar-refractivity contribution in [3.05, 3.63) is 57.6 Å². The molecule has 0 bridgehead atoms. The summed E-state index contributed by atoms with van der Waals surface area (Å²) in [6, 6.07) is 10.4. The van der Waals surface area contributed by atoms with Crippen LogP contribution in [0.5, 0.6) is 11.5 Å². The van der Waals surface area contributed by atoms with E-state index < -0.39 is 11.5 Å². The zero-order chi connectivity index (χ0) is 18.8. The number of nitrogens with zero attached hydrogens (tertiary/aromatic N) is 2. The number of nitro groups is 1. The summed E-state index contributed by atoms with van der Waals surface area (Å²) < 4.78 is 34.6. The van der Waals surface area contributed by atoms with E-state index in [-0.39, 0.29) is 29.8 Å². The lowest BCUT2D eigenvalue weighted by molar-refractivity contribution is -0.385. The molecule has 0 aliphatic carbocycles. The van der Waals surface area contributed by atoms with Crippen LogP contribution in [-0.2, 0) is 13.0 Å². The van der Waals surface area contributed by atoms with Gasteiger partial charge in [0, 0.05) is 11.7 Å². The van der Waals surface area contributed by atoms with Gasteiger partial charge in [-0.15, -0.1) is 0 Å². The highest BCUT2D eigenvalue weighted by atomic mass is 19.3. The van der Waals surface area contributed by atoms with Crippen molar-refractivity contribution in [1.82, 2.24) is 0 Å². The van der Waals surface area contributed by atoms with Gasteiger partial charge in [0.05, 0.1) is 30.2 Å². The average Bonchev–Trinajstić information content (AvgIpc) is 2.90. The molecule has 2 aromatic carbocycles. The Labute approximate surface area is 149 Å². The van der Waals surface area contributed by atoms with Crippen LogP contribution < -0.4 is 14.4 Å². The first-order valence-corrected chi connectivity index (χ1v) is 8.05. The first kappa shape index (κ1) is 17.9. The van der Waals surface area contributed by atoms with E-state index in [0.29, 0.717) is 5.56 Å². The fourth-order valence-electron chi connectivity index (χ4n) is 3.29. The van der Waals surface area contributed by atoms with Gasteiger partial charge < -0.3 is 14.4 Å². The van der Waals surface area contributed by atoms with Crippen molar-refractivity contribution < 1.29 is 23.2 Å². The highest BCUT2D eigenvalue weighted by Crippen LogP contribution is 2.39. The highest BCUT2D eigenvalue weighted by Gasteiger charge is 2.29. The fourth-order valence-corrected chi connectivity index (χ4v) is 3.29. The molecule has 3 rings (SSSR count). The summed E-state index contributed by atoms with van der Waals surface area (Å²) >= 11 is 0. The lowest BCUT2D eigenvalue weighted by Crippen LogP contribution is -2.29. The Kier molecular flexibility index (Phi) is 4.92. The van der Waals surface area contributed by atoms with E-state index >= 15 is 0 Å². The van der Waals surface area contributed by atoms with Gasteiger partial charge in [0.2, 0.25) is 0 Å². The number of para-hydroxylation sites is 1. The van der Waals surface area contributed by atoms with Gasteiger partial charge >= 0.3 is 6.61 Å². The van der Waals surface area contributed by atoms with E-state index in [2.05, 4.69) is 9.64 Å². The molecule has 6 nitrogen and oxygen atoms in total. The summed E-state index contributed by atoms with van der Waals surface area (Å²) in [5.74, 6) is -0.321. The maximum Gasteiger partial charge on any atom is 0.387 e. The van der Waals surface area contributed by atoms with Crippen LogP contribution in [0.25, 0.3) is 0 Å². The van der Waals surface area contributed by atoms with E-state index in [0.717, 1.165) is 18.2 Å². The molecule has 0 unspecified atom stereocenters. The van der Waals surface area contributed by atoms with Gasteiger partial charge in [-0.25, -0.2) is 0 Å². The average molecular weight is 364 g/mol. The van der Waals surface area contributed by atoms with Gasteiger partial charge in [-0.2, -0.15) is 8.78 Å². The van der Waals surface area contributed by atoms with Crippen LogP contribution in [-0.4, -0.2) is 24.7 Å². The number of alkyl halides is 2. The number of rotatable bonds is 6. The Hall–Kier alpha value is -2.90. The molecule has 1 heterocycles. The standard InChI is InChI=1S/C18H18F2N2O4/c1-11-7-12-5-3-4-6-14(12)21(11)10-13-8-16(25-2)17(26-18(19)20)9-15(13)22(23)24/h3-6,8-9,11,18H,7,10H2,1-2H3/t11-/m1/s1. The minimum atomic E-state index is -3.10. The number of halogens is 2. The molecule has 0 saturated heterocycles. The number of hydrogen-bond donors (Lipinski definition) is 0. The maximum atomic E-state index is 12.6. The van der Waals surface area contributed by atoms with E-state index in [1.807, 2.05) is 31.2 Å². The van der Waals surface area contributed by atoms with Gasteiger partial charge in [-0.05, 0) is 31.0 Å². The van der Waals surface area contributed by atoms with Crippen molar-refractivity contribution in [3.63, 3.8) is 0 Å². The molecule has 0 fully saturated rings. The third-order valence-electron chi connectivity index (χ3n) is 4.47. The summed E-state index contributed by atoms with van der Waals surface area (Å²) in [4.78, 5) is 12.9. The Balaban J connectivity index is 2.00. The van der Waals surface area contributed by atoms with Gasteiger partial charge in [0.1, 0.15) is 0 Å². The molecule has 1 aliphatic rings. The lowest BCUT2D eigenvalue weighted by atomic mass is 10.1. The van der Waals surface area contributed by atoms with Crippen molar-refractivity contribution in [2.24, 2.45) is 0 Å². The van der Waals surface area contributed by atoms with Crippen LogP contribution in [0.3, 0.4) is 0 Å². The number of ether oxygens (including phenoxy) is 2. The lowest BCUT2D eigenvalue weighted by Gasteiger charge is -2.25. The molecule has 0 radical (unpaired) electrons. The van der Waals surface area contributed by atoms with E-state index in [1.165, 1.54) is 18.7 Å². The number of methoxy groups -OCH3 is 1. The molecular weight excluding hydrogens is 346 g/mol. The SMILES string of the molecule is COc1cc(CN2c3ccccc3C[C@H]2C)c([N+](=O)[O-])cc1OC(F)F. The van der Waals surface area contributed by atoms with Crippen molar-refractivity contribution in [1.29, 1.82) is 0 Å². The van der Waals surface area contributed by atoms with Crippen LogP contribution in [0.2, 0.25) is 0 Å². The largest absolute Gasteiger partial charge is 0.493 e. The second kappa shape index (κ2) is 7.15. The predicted molar refractivity (Wildman–Crippen MR) is 92.1 cm³/mol. The van der Waals surface area contributed by atoms with E-state index in [1.54, 1.807) is 0 Å². The van der Waals surface area contributed by atoms with Crippen LogP contribution in [0.15, 0.2) is 36.4 Å². The third-order valence-corrected chi connectivity index (χ3v) is 4.47. The summed E-state index contributed by atoms with van der Waals surface area (Å²) in [6.45, 7) is -0.795. The molecule has 0 aromatic heterocycles. The molecule has 0 amide bonds. The zero-order valence-electron chi connectivity index (χ0n) is 14.3. The van der Waals surface area contributed by atoms with Gasteiger partial charge in [0.15, 0.2) is 11.5 Å². The van der Waals surface area contributed by atoms with Crippen LogP contribution in [0.4, 0.5) is 20.2 Å². The van der Waals surface area contributed by atoms with Crippen molar-refractivity contribution in [2.45, 2.75) is 32.5 Å². The molecule has 1 aliphatic heterocycles. The van der Waals surface area contributed by atoms with Gasteiger partial charge in [-0.3, -0.25) is 10.1 Å². The van der Waals surface area contributed by atoms with E-state index in [4.69, 9.17) is 4.74 Å². The molecule has 0 spiro atoms. The van der Waals surface area contributed by atoms with Crippen molar-refractivity contribution >= 4 is 11.4 Å². The van der Waals surface area contributed by atoms with Crippen LogP contribution in [0, 0.1) is 10.1 Å². The first-order valence-electron chi connectivity index (χ1n) is 8.05. The molecule has 26 heavy (non-hydrogen) atoms. The number of nitro benzene ring substituents is 1. The van der Waals surface area contributed by atoms with E-state index in [9.17, 15) is 18.9 Å². The van der Waals surface area contributed by atoms with Gasteiger partial charge in [-0.1, -0.05) is 18.2 Å². The molecule has 1 atom stereocenters. The number of hydrogen-bond acceptors (Lipinski definition) is 5. The Morgan fingerprint density at radius 2 is 2.04 bits per heavy atom. The molecule has 138 valence electrons. The van der Waals surface area contributed by atoms with Crippen LogP contribution >= 0.6 is 0 Å². The molecule has 2 aromatic rings. The first-order chi connectivity index (χ1) is 12.4. The van der Waals surface area contributed by atoms with Crippen molar-refractivity contribution in [2.75, 3.05) is 12.0 Å². The number of benzene rings is 2. The van der Waals surface area contributed by atoms with Gasteiger partial charge in [0.25, 0.3) is 5.69 Å². The Morgan fingerprint density at radius 1 is 1.31 bits per heavy atom. The van der Waals surface area contributed by atoms with Crippen LogP contribution in [0.1, 0.15) is 18.1 Å². The third kappa shape index (κ3) is 3.40. The Morgan fingerprint density at radius 3 is 2.69 bits per heavy atom. The second-order valence-corrected chi connectivity index (χ2v) is 6.08. The predicted octanol–water partition coefficient (Wildman–Crippen LogP) is 4.16. The monoisotopic (exact) mass is 364 g/mol.